The van der Waals surface area contributed by atoms with Crippen LogP contribution in [0.3, 0.4) is 0 Å². The van der Waals surface area contributed by atoms with Crippen LogP contribution in [0.5, 0.6) is 5.75 Å². The molecular weight excluding hydrogens is 340 g/mol. The number of oxazole rings is 1. The molecule has 2 N–H and O–H groups in total. The van der Waals surface area contributed by atoms with Crippen LogP contribution >= 0.6 is 12.2 Å². The number of aromatic hydroxyl groups is 1. The number of rotatable bonds is 2. The molecule has 3 aromatic rings. The van der Waals surface area contributed by atoms with Crippen molar-refractivity contribution in [2.45, 2.75) is 6.10 Å². The topological polar surface area (TPSA) is 78.7 Å². The maximum Gasteiger partial charge on any atom is 0.266 e. The predicted molar refractivity (Wildman–Crippen MR) is 94.1 cm³/mol. The number of fused-ring (bicyclic) bond motifs is 1. The third-order valence-corrected chi connectivity index (χ3v) is 4.45. The number of carbonyl (C=O) groups excluding carboxylic acids is 1. The molecule has 1 atom stereocenters. The first-order valence-electron chi connectivity index (χ1n) is 7.93. The molecule has 4 rings (SSSR count). The minimum Gasteiger partial charge on any atom is -0.508 e. The molecule has 0 radical (unpaired) electrons. The molecule has 0 aliphatic carbocycles. The number of phenols is 1. The molecule has 25 heavy (non-hydrogen) atoms. The van der Waals surface area contributed by atoms with E-state index in [2.05, 4.69) is 4.98 Å². The lowest BCUT2D eigenvalue weighted by Crippen LogP contribution is -2.42. The van der Waals surface area contributed by atoms with Gasteiger partial charge in [0.25, 0.3) is 10.7 Å². The number of ether oxygens (including phenoxy) is 1. The number of nitrogens with zero attached hydrogens (tertiary/aromatic N) is 1. The molecule has 0 saturated carbocycles. The minimum absolute atomic E-state index is 0.0855. The molecule has 1 aromatic heterocycles. The van der Waals surface area contributed by atoms with E-state index in [0.29, 0.717) is 30.8 Å². The van der Waals surface area contributed by atoms with Crippen molar-refractivity contribution >= 4 is 29.2 Å². The smallest absolute Gasteiger partial charge is 0.266 e. The zero-order valence-corrected chi connectivity index (χ0v) is 14.1. The van der Waals surface area contributed by atoms with Crippen LogP contribution in [0.4, 0.5) is 0 Å². The lowest BCUT2D eigenvalue weighted by Gasteiger charge is -2.33. The fraction of sp³-hybridized carbons (Fsp3) is 0.222. The number of hydrogen-bond donors (Lipinski definition) is 2. The van der Waals surface area contributed by atoms with Crippen molar-refractivity contribution in [2.24, 2.45) is 0 Å². The SMILES string of the molecule is O=C(c1ccc2[nH]c(=S)oc2c1)N1CCO[C@@H](c2cccc(O)c2)C1. The molecule has 0 spiro atoms. The summed E-state index contributed by atoms with van der Waals surface area (Å²) in [5, 5.41) is 9.64. The Balaban J connectivity index is 1.57. The number of phenolic OH excluding ortho intramolecular Hbond substituents is 1. The maximum atomic E-state index is 12.8. The van der Waals surface area contributed by atoms with Crippen LogP contribution in [0.25, 0.3) is 11.1 Å². The highest BCUT2D eigenvalue weighted by Gasteiger charge is 2.26. The zero-order valence-electron chi connectivity index (χ0n) is 13.3. The number of nitrogens with one attached hydrogen (secondary N) is 1. The molecule has 6 nitrogen and oxygen atoms in total. The summed E-state index contributed by atoms with van der Waals surface area (Å²) >= 11 is 4.97. The van der Waals surface area contributed by atoms with Crippen LogP contribution in [0, 0.1) is 4.84 Å². The largest absolute Gasteiger partial charge is 0.508 e. The Kier molecular flexibility index (Phi) is 4.03. The number of carbonyl (C=O) groups is 1. The van der Waals surface area contributed by atoms with E-state index in [1.165, 1.54) is 0 Å². The minimum atomic E-state index is -0.260. The molecule has 1 amide bonds. The normalized spacial score (nSPS) is 17.8. The predicted octanol–water partition coefficient (Wildman–Crippen LogP) is 3.41. The molecule has 1 aliphatic heterocycles. The first-order valence-corrected chi connectivity index (χ1v) is 8.34. The zero-order chi connectivity index (χ0) is 17.4. The number of aromatic amines is 1. The molecular formula is C18H16N2O4S. The molecule has 1 saturated heterocycles. The van der Waals surface area contributed by atoms with Crippen molar-refractivity contribution in [1.29, 1.82) is 0 Å². The van der Waals surface area contributed by atoms with Gasteiger partial charge in [-0.25, -0.2) is 0 Å². The highest BCUT2D eigenvalue weighted by atomic mass is 32.1. The van der Waals surface area contributed by atoms with Gasteiger partial charge in [0.15, 0.2) is 5.58 Å². The quantitative estimate of drug-likeness (QED) is 0.688. The van der Waals surface area contributed by atoms with Crippen LogP contribution < -0.4 is 0 Å². The van der Waals surface area contributed by atoms with E-state index in [9.17, 15) is 9.90 Å². The van der Waals surface area contributed by atoms with Crippen molar-refractivity contribution in [3.05, 3.63) is 58.4 Å². The summed E-state index contributed by atoms with van der Waals surface area (Å²) in [5.74, 6) is 0.0986. The van der Waals surface area contributed by atoms with Gasteiger partial charge in [-0.2, -0.15) is 0 Å². The van der Waals surface area contributed by atoms with E-state index in [1.54, 1.807) is 41.3 Å². The Bertz CT molecular complexity index is 994. The molecule has 2 aromatic carbocycles. The number of hydrogen-bond acceptors (Lipinski definition) is 5. The number of aromatic nitrogens is 1. The van der Waals surface area contributed by atoms with E-state index in [-0.39, 0.29) is 22.6 Å². The fourth-order valence-corrected chi connectivity index (χ4v) is 3.22. The van der Waals surface area contributed by atoms with Gasteiger partial charge in [0.1, 0.15) is 11.9 Å². The van der Waals surface area contributed by atoms with E-state index < -0.39 is 0 Å². The second kappa shape index (κ2) is 6.34. The number of amides is 1. The Morgan fingerprint density at radius 1 is 1.28 bits per heavy atom. The molecule has 1 fully saturated rings. The summed E-state index contributed by atoms with van der Waals surface area (Å²) in [6.45, 7) is 1.39. The highest BCUT2D eigenvalue weighted by molar-refractivity contribution is 7.71. The standard InChI is InChI=1S/C18H16N2O4S/c21-13-3-1-2-11(8-13)16-10-20(6-7-23-16)17(22)12-4-5-14-15(9-12)24-18(25)19-14/h1-5,8-9,16,21H,6-7,10H2,(H,19,25)/t16-/m1/s1. The van der Waals surface area contributed by atoms with E-state index in [0.717, 1.165) is 11.1 Å². The summed E-state index contributed by atoms with van der Waals surface area (Å²) in [4.78, 5) is 17.8. The first-order chi connectivity index (χ1) is 12.1. The number of morpholine rings is 1. The van der Waals surface area contributed by atoms with Crippen molar-refractivity contribution in [1.82, 2.24) is 9.88 Å². The van der Waals surface area contributed by atoms with Gasteiger partial charge in [-0.05, 0) is 48.1 Å². The van der Waals surface area contributed by atoms with E-state index in [4.69, 9.17) is 21.4 Å². The third-order valence-electron chi connectivity index (χ3n) is 4.26. The summed E-state index contributed by atoms with van der Waals surface area (Å²) < 4.78 is 11.2. The van der Waals surface area contributed by atoms with Crippen molar-refractivity contribution in [3.63, 3.8) is 0 Å². The Morgan fingerprint density at radius 3 is 3.00 bits per heavy atom. The van der Waals surface area contributed by atoms with E-state index >= 15 is 0 Å². The average Bonchev–Trinajstić information content (AvgIpc) is 3.00. The average molecular weight is 356 g/mol. The molecule has 7 heteroatoms. The molecule has 0 bridgehead atoms. The first kappa shape index (κ1) is 15.9. The highest BCUT2D eigenvalue weighted by Crippen LogP contribution is 2.26. The Labute approximate surface area is 148 Å². The summed E-state index contributed by atoms with van der Waals surface area (Å²) in [5.41, 5.74) is 2.72. The number of benzene rings is 2. The van der Waals surface area contributed by atoms with Crippen molar-refractivity contribution < 1.29 is 19.1 Å². The lowest BCUT2D eigenvalue weighted by molar-refractivity contribution is -0.0228. The van der Waals surface area contributed by atoms with Crippen LogP contribution in [0.1, 0.15) is 22.0 Å². The monoisotopic (exact) mass is 356 g/mol. The van der Waals surface area contributed by atoms with Crippen LogP contribution in [0.15, 0.2) is 46.9 Å². The summed E-state index contributed by atoms with van der Waals surface area (Å²) in [6, 6.07) is 12.2. The van der Waals surface area contributed by atoms with Gasteiger partial charge in [0.05, 0.1) is 18.7 Å². The second-order valence-corrected chi connectivity index (χ2v) is 6.30. The number of H-pyrrole nitrogens is 1. The fourth-order valence-electron chi connectivity index (χ4n) is 3.02. The van der Waals surface area contributed by atoms with Gasteiger partial charge < -0.3 is 24.1 Å². The second-order valence-electron chi connectivity index (χ2n) is 5.93. The van der Waals surface area contributed by atoms with Crippen molar-refractivity contribution in [3.8, 4) is 5.75 Å². The van der Waals surface area contributed by atoms with Crippen molar-refractivity contribution in [2.75, 3.05) is 19.7 Å². The molecule has 128 valence electrons. The van der Waals surface area contributed by atoms with Gasteiger partial charge >= 0.3 is 0 Å². The molecule has 1 aliphatic rings. The maximum absolute atomic E-state index is 12.8. The van der Waals surface area contributed by atoms with Gasteiger partial charge in [-0.1, -0.05) is 12.1 Å². The van der Waals surface area contributed by atoms with E-state index in [1.807, 2.05) is 6.07 Å². The van der Waals surface area contributed by atoms with Gasteiger partial charge in [0, 0.05) is 12.1 Å². The van der Waals surface area contributed by atoms with Gasteiger partial charge in [-0.3, -0.25) is 4.79 Å². The van der Waals surface area contributed by atoms with Gasteiger partial charge in [-0.15, -0.1) is 0 Å². The summed E-state index contributed by atoms with van der Waals surface area (Å²) in [7, 11) is 0. The molecule has 2 heterocycles. The van der Waals surface area contributed by atoms with Crippen LogP contribution in [0.2, 0.25) is 0 Å². The summed E-state index contributed by atoms with van der Waals surface area (Å²) in [6.07, 6.45) is -0.260. The Hall–Kier alpha value is -2.64. The van der Waals surface area contributed by atoms with Crippen LogP contribution in [-0.2, 0) is 4.74 Å². The lowest BCUT2D eigenvalue weighted by atomic mass is 10.1. The van der Waals surface area contributed by atoms with Crippen LogP contribution in [-0.4, -0.2) is 40.6 Å². The van der Waals surface area contributed by atoms with Gasteiger partial charge in [0.2, 0.25) is 0 Å². The molecule has 0 unspecified atom stereocenters. The Morgan fingerprint density at radius 2 is 2.16 bits per heavy atom. The third kappa shape index (κ3) is 3.16.